The van der Waals surface area contributed by atoms with Crippen molar-refractivity contribution < 1.29 is 4.79 Å². The Morgan fingerprint density at radius 1 is 1.06 bits per heavy atom. The molecule has 5 rings (SSSR count). The van der Waals surface area contributed by atoms with Crippen LogP contribution >= 0.6 is 17.0 Å². The van der Waals surface area contributed by atoms with Gasteiger partial charge in [0.2, 0.25) is 0 Å². The molecule has 8 heteroatoms. The molecular formula is C27H31BrN6O. The SMILES string of the molecule is Br.O=C(NCCCC(Cc1nc2ccccc2[nH]1)NC1CCCc2cccnc21)c1ccccn1. The van der Waals surface area contributed by atoms with Crippen LogP contribution < -0.4 is 10.6 Å². The third kappa shape index (κ3) is 6.32. The van der Waals surface area contributed by atoms with Gasteiger partial charge in [-0.3, -0.25) is 14.8 Å². The number of halogens is 1. The largest absolute Gasteiger partial charge is 0.351 e. The quantitative estimate of drug-likeness (QED) is 0.270. The number of nitrogens with one attached hydrogen (secondary N) is 3. The zero-order chi connectivity index (χ0) is 23.2. The zero-order valence-electron chi connectivity index (χ0n) is 19.6. The summed E-state index contributed by atoms with van der Waals surface area (Å²) in [5.74, 6) is 0.848. The van der Waals surface area contributed by atoms with Crippen molar-refractivity contribution in [3.8, 4) is 0 Å². The molecule has 1 aliphatic carbocycles. The highest BCUT2D eigenvalue weighted by atomic mass is 79.9. The first kappa shape index (κ1) is 25.0. The summed E-state index contributed by atoms with van der Waals surface area (Å²) < 4.78 is 0. The molecule has 1 amide bonds. The van der Waals surface area contributed by atoms with Crippen LogP contribution in [0.5, 0.6) is 0 Å². The molecule has 1 aliphatic rings. The van der Waals surface area contributed by atoms with E-state index in [9.17, 15) is 4.79 Å². The average molecular weight is 535 g/mol. The van der Waals surface area contributed by atoms with E-state index in [1.54, 1.807) is 12.3 Å². The van der Waals surface area contributed by atoms with Crippen molar-refractivity contribution in [1.29, 1.82) is 0 Å². The van der Waals surface area contributed by atoms with Gasteiger partial charge < -0.3 is 15.6 Å². The maximum atomic E-state index is 12.3. The van der Waals surface area contributed by atoms with Gasteiger partial charge in [-0.1, -0.05) is 24.3 Å². The van der Waals surface area contributed by atoms with Crippen molar-refractivity contribution in [3.05, 3.63) is 89.8 Å². The summed E-state index contributed by atoms with van der Waals surface area (Å²) in [6.07, 6.45) is 9.43. The summed E-state index contributed by atoms with van der Waals surface area (Å²) >= 11 is 0. The van der Waals surface area contributed by atoms with Gasteiger partial charge in [0.25, 0.3) is 5.91 Å². The Labute approximate surface area is 216 Å². The summed E-state index contributed by atoms with van der Waals surface area (Å²) in [5, 5.41) is 6.87. The Morgan fingerprint density at radius 3 is 2.77 bits per heavy atom. The van der Waals surface area contributed by atoms with Crippen LogP contribution in [-0.4, -0.2) is 38.4 Å². The van der Waals surface area contributed by atoms with E-state index in [4.69, 9.17) is 9.97 Å². The van der Waals surface area contributed by atoms with Gasteiger partial charge in [-0.05, 0) is 68.0 Å². The van der Waals surface area contributed by atoms with Gasteiger partial charge in [-0.2, -0.15) is 0 Å². The Balaban J connectivity index is 0.00000289. The number of H-pyrrole nitrogens is 1. The maximum absolute atomic E-state index is 12.3. The second-order valence-corrected chi connectivity index (χ2v) is 8.87. The molecule has 0 bridgehead atoms. The lowest BCUT2D eigenvalue weighted by Crippen LogP contribution is -2.37. The van der Waals surface area contributed by atoms with Crippen LogP contribution in [0.3, 0.4) is 0 Å². The normalized spacial score (nSPS) is 15.7. The molecule has 0 saturated heterocycles. The van der Waals surface area contributed by atoms with Crippen molar-refractivity contribution in [2.75, 3.05) is 6.54 Å². The van der Waals surface area contributed by atoms with Crippen molar-refractivity contribution >= 4 is 33.9 Å². The second kappa shape index (κ2) is 12.0. The van der Waals surface area contributed by atoms with E-state index >= 15 is 0 Å². The van der Waals surface area contributed by atoms with Gasteiger partial charge in [0.05, 0.1) is 16.7 Å². The summed E-state index contributed by atoms with van der Waals surface area (Å²) in [6, 6.07) is 18.2. The van der Waals surface area contributed by atoms with Crippen molar-refractivity contribution in [3.63, 3.8) is 0 Å². The van der Waals surface area contributed by atoms with E-state index < -0.39 is 0 Å². The molecule has 2 atom stereocenters. The van der Waals surface area contributed by atoms with Gasteiger partial charge in [0.15, 0.2) is 0 Å². The number of aromatic nitrogens is 4. The monoisotopic (exact) mass is 534 g/mol. The van der Waals surface area contributed by atoms with Crippen LogP contribution in [0.15, 0.2) is 67.0 Å². The smallest absolute Gasteiger partial charge is 0.269 e. The number of nitrogens with zero attached hydrogens (tertiary/aromatic N) is 3. The molecule has 0 aliphatic heterocycles. The Kier molecular flexibility index (Phi) is 8.60. The number of hydrogen-bond donors (Lipinski definition) is 3. The molecule has 4 aromatic rings. The third-order valence-corrected chi connectivity index (χ3v) is 6.42. The highest BCUT2D eigenvalue weighted by Crippen LogP contribution is 2.29. The predicted octanol–water partition coefficient (Wildman–Crippen LogP) is 4.72. The Hall–Kier alpha value is -3.10. The van der Waals surface area contributed by atoms with Crippen LogP contribution in [0, 0.1) is 0 Å². The molecule has 35 heavy (non-hydrogen) atoms. The fraction of sp³-hybridized carbons (Fsp3) is 0.333. The zero-order valence-corrected chi connectivity index (χ0v) is 21.3. The molecule has 3 aromatic heterocycles. The van der Waals surface area contributed by atoms with Crippen molar-refractivity contribution in [2.24, 2.45) is 0 Å². The number of hydrogen-bond acceptors (Lipinski definition) is 5. The molecule has 0 fully saturated rings. The molecule has 7 nitrogen and oxygen atoms in total. The number of rotatable bonds is 9. The molecule has 0 spiro atoms. The van der Waals surface area contributed by atoms with Crippen LogP contribution in [-0.2, 0) is 12.8 Å². The first-order valence-corrected chi connectivity index (χ1v) is 12.1. The average Bonchev–Trinajstić information content (AvgIpc) is 3.29. The molecular weight excluding hydrogens is 504 g/mol. The molecule has 3 N–H and O–H groups in total. The van der Waals surface area contributed by atoms with Gasteiger partial charge in [0.1, 0.15) is 11.5 Å². The lowest BCUT2D eigenvalue weighted by molar-refractivity contribution is 0.0947. The molecule has 2 unspecified atom stereocenters. The molecule has 0 saturated carbocycles. The number of carbonyl (C=O) groups excluding carboxylic acids is 1. The topological polar surface area (TPSA) is 95.6 Å². The Bertz CT molecular complexity index is 1210. The highest BCUT2D eigenvalue weighted by Gasteiger charge is 2.24. The second-order valence-electron chi connectivity index (χ2n) is 8.87. The lowest BCUT2D eigenvalue weighted by atomic mass is 9.91. The Morgan fingerprint density at radius 2 is 1.91 bits per heavy atom. The fourth-order valence-electron chi connectivity index (χ4n) is 4.77. The number of fused-ring (bicyclic) bond motifs is 2. The van der Waals surface area contributed by atoms with Crippen LogP contribution in [0.4, 0.5) is 0 Å². The van der Waals surface area contributed by atoms with Crippen molar-refractivity contribution in [1.82, 2.24) is 30.6 Å². The number of benzene rings is 1. The number of pyridine rings is 2. The molecule has 0 radical (unpaired) electrons. The molecule has 1 aromatic carbocycles. The summed E-state index contributed by atoms with van der Waals surface area (Å²) in [6.45, 7) is 0.604. The van der Waals surface area contributed by atoms with Gasteiger partial charge in [-0.25, -0.2) is 4.98 Å². The number of para-hydroxylation sites is 2. The van der Waals surface area contributed by atoms with Gasteiger partial charge in [0, 0.05) is 37.4 Å². The number of aromatic amines is 1. The fourth-order valence-corrected chi connectivity index (χ4v) is 4.77. The molecule has 3 heterocycles. The van der Waals surface area contributed by atoms with Crippen LogP contribution in [0.2, 0.25) is 0 Å². The minimum atomic E-state index is -0.132. The van der Waals surface area contributed by atoms with Crippen LogP contribution in [0.25, 0.3) is 11.0 Å². The van der Waals surface area contributed by atoms with Gasteiger partial charge >= 0.3 is 0 Å². The van der Waals surface area contributed by atoms with E-state index in [0.717, 1.165) is 55.4 Å². The predicted molar refractivity (Wildman–Crippen MR) is 143 cm³/mol. The van der Waals surface area contributed by atoms with E-state index in [2.05, 4.69) is 32.7 Å². The third-order valence-electron chi connectivity index (χ3n) is 6.42. The van der Waals surface area contributed by atoms with E-state index in [-0.39, 0.29) is 35.0 Å². The standard InChI is InChI=1S/C27H30N6O.BrH/c34-27(24-13-3-4-15-28-24)30-17-7-10-20(18-25-32-21-11-1-2-12-22(21)33-25)31-23-14-5-8-19-9-6-16-29-26(19)23;/h1-4,6,9,11-13,15-16,20,23,31H,5,7-8,10,14,17-18H2,(H,30,34)(H,32,33);1H. The minimum absolute atomic E-state index is 0. The lowest BCUT2D eigenvalue weighted by Gasteiger charge is -2.29. The summed E-state index contributed by atoms with van der Waals surface area (Å²) in [7, 11) is 0. The number of aryl methyl sites for hydroxylation is 1. The van der Waals surface area contributed by atoms with Gasteiger partial charge in [-0.15, -0.1) is 17.0 Å². The van der Waals surface area contributed by atoms with Crippen molar-refractivity contribution in [2.45, 2.75) is 50.6 Å². The highest BCUT2D eigenvalue weighted by molar-refractivity contribution is 8.93. The first-order chi connectivity index (χ1) is 16.8. The number of amides is 1. The number of carbonyl (C=O) groups is 1. The molecule has 182 valence electrons. The van der Waals surface area contributed by atoms with E-state index in [0.29, 0.717) is 12.2 Å². The minimum Gasteiger partial charge on any atom is -0.351 e. The van der Waals surface area contributed by atoms with Crippen LogP contribution in [0.1, 0.15) is 59.3 Å². The van der Waals surface area contributed by atoms with E-state index in [1.165, 1.54) is 11.3 Å². The first-order valence-electron chi connectivity index (χ1n) is 12.1. The summed E-state index contributed by atoms with van der Waals surface area (Å²) in [5.41, 5.74) is 5.01. The maximum Gasteiger partial charge on any atom is 0.269 e. The summed E-state index contributed by atoms with van der Waals surface area (Å²) in [4.78, 5) is 29.4. The van der Waals surface area contributed by atoms with E-state index in [1.807, 2.05) is 42.6 Å². The number of imidazole rings is 1.